The van der Waals surface area contributed by atoms with E-state index >= 15 is 0 Å². The van der Waals surface area contributed by atoms with Gasteiger partial charge in [-0.1, -0.05) is 23.5 Å². The Hall–Kier alpha value is -2.61. The zero-order valence-electron chi connectivity index (χ0n) is 14.1. The third-order valence-electron chi connectivity index (χ3n) is 4.52. The van der Waals surface area contributed by atoms with E-state index in [-0.39, 0.29) is 24.2 Å². The first-order valence-electron chi connectivity index (χ1n) is 8.54. The van der Waals surface area contributed by atoms with Crippen LogP contribution in [-0.4, -0.2) is 43.9 Å². The average molecular weight is 371 g/mol. The van der Waals surface area contributed by atoms with Gasteiger partial charge >= 0.3 is 0 Å². The Bertz CT molecular complexity index is 895. The minimum Gasteiger partial charge on any atom is -0.340 e. The third kappa shape index (κ3) is 3.50. The number of hydrogen-bond acceptors (Lipinski definition) is 5. The SMILES string of the molecule is O=C(Cn1cccn1)N1CCCC(c2nnc(-c3ccccc3F)s2)C1. The molecular weight excluding hydrogens is 353 g/mol. The van der Waals surface area contributed by atoms with Gasteiger partial charge in [-0.2, -0.15) is 5.10 Å². The van der Waals surface area contributed by atoms with Crippen LogP contribution in [0.3, 0.4) is 0 Å². The summed E-state index contributed by atoms with van der Waals surface area (Å²) in [6.45, 7) is 1.61. The number of carbonyl (C=O) groups is 1. The highest BCUT2D eigenvalue weighted by Crippen LogP contribution is 2.33. The van der Waals surface area contributed by atoms with Crippen LogP contribution < -0.4 is 0 Å². The van der Waals surface area contributed by atoms with E-state index in [4.69, 9.17) is 0 Å². The van der Waals surface area contributed by atoms with Crippen molar-refractivity contribution in [2.45, 2.75) is 25.3 Å². The van der Waals surface area contributed by atoms with Gasteiger partial charge in [0.25, 0.3) is 0 Å². The smallest absolute Gasteiger partial charge is 0.244 e. The second kappa shape index (κ2) is 7.33. The standard InChI is InChI=1S/C18H18FN5OS/c19-15-7-2-1-6-14(15)18-22-21-17(26-18)13-5-3-9-23(11-13)16(25)12-24-10-4-8-20-24/h1-2,4,6-8,10,13H,3,5,9,11-12H2. The molecule has 1 saturated heterocycles. The molecule has 1 aromatic carbocycles. The van der Waals surface area contributed by atoms with Crippen molar-refractivity contribution in [3.8, 4) is 10.6 Å². The van der Waals surface area contributed by atoms with Crippen LogP contribution in [0.2, 0.25) is 0 Å². The van der Waals surface area contributed by atoms with Crippen LogP contribution in [0.5, 0.6) is 0 Å². The van der Waals surface area contributed by atoms with Crippen molar-refractivity contribution >= 4 is 17.2 Å². The van der Waals surface area contributed by atoms with Gasteiger partial charge in [-0.25, -0.2) is 4.39 Å². The van der Waals surface area contributed by atoms with E-state index in [1.54, 1.807) is 41.3 Å². The highest BCUT2D eigenvalue weighted by atomic mass is 32.1. The summed E-state index contributed by atoms with van der Waals surface area (Å²) in [6.07, 6.45) is 5.32. The van der Waals surface area contributed by atoms with Crippen LogP contribution in [0.25, 0.3) is 10.6 Å². The Morgan fingerprint density at radius 3 is 2.96 bits per heavy atom. The second-order valence-corrected chi connectivity index (χ2v) is 7.32. The lowest BCUT2D eigenvalue weighted by atomic mass is 9.99. The molecule has 26 heavy (non-hydrogen) atoms. The second-order valence-electron chi connectivity index (χ2n) is 6.31. The van der Waals surface area contributed by atoms with Crippen LogP contribution in [0, 0.1) is 5.82 Å². The first-order valence-corrected chi connectivity index (χ1v) is 9.36. The number of likely N-dealkylation sites (tertiary alicyclic amines) is 1. The summed E-state index contributed by atoms with van der Waals surface area (Å²) in [5, 5.41) is 14.0. The summed E-state index contributed by atoms with van der Waals surface area (Å²) in [5.41, 5.74) is 0.471. The summed E-state index contributed by atoms with van der Waals surface area (Å²) in [7, 11) is 0. The predicted molar refractivity (Wildman–Crippen MR) is 96.1 cm³/mol. The van der Waals surface area contributed by atoms with E-state index in [0.29, 0.717) is 17.1 Å². The van der Waals surface area contributed by atoms with E-state index in [0.717, 1.165) is 24.4 Å². The number of halogens is 1. The molecule has 4 rings (SSSR count). The van der Waals surface area contributed by atoms with Gasteiger partial charge in [-0.05, 0) is 31.0 Å². The molecule has 3 heterocycles. The quantitative estimate of drug-likeness (QED) is 0.707. The average Bonchev–Trinajstić information content (AvgIpc) is 3.34. The monoisotopic (exact) mass is 371 g/mol. The number of amides is 1. The fourth-order valence-corrected chi connectivity index (χ4v) is 4.18. The summed E-state index contributed by atoms with van der Waals surface area (Å²) in [5.74, 6) is -0.101. The van der Waals surface area contributed by atoms with Crippen LogP contribution in [0.15, 0.2) is 42.7 Å². The third-order valence-corrected chi connectivity index (χ3v) is 5.64. The van der Waals surface area contributed by atoms with E-state index < -0.39 is 0 Å². The highest BCUT2D eigenvalue weighted by Gasteiger charge is 2.27. The van der Waals surface area contributed by atoms with Gasteiger partial charge in [0.15, 0.2) is 5.01 Å². The van der Waals surface area contributed by atoms with Crippen molar-refractivity contribution in [2.75, 3.05) is 13.1 Å². The van der Waals surface area contributed by atoms with Crippen molar-refractivity contribution in [2.24, 2.45) is 0 Å². The molecule has 134 valence electrons. The van der Waals surface area contributed by atoms with Crippen LogP contribution >= 0.6 is 11.3 Å². The molecule has 3 aromatic rings. The lowest BCUT2D eigenvalue weighted by Crippen LogP contribution is -2.40. The zero-order valence-corrected chi connectivity index (χ0v) is 14.9. The Morgan fingerprint density at radius 2 is 2.15 bits per heavy atom. The van der Waals surface area contributed by atoms with Crippen molar-refractivity contribution < 1.29 is 9.18 Å². The van der Waals surface area contributed by atoms with Crippen molar-refractivity contribution in [3.63, 3.8) is 0 Å². The molecule has 1 fully saturated rings. The first-order chi connectivity index (χ1) is 12.7. The molecule has 2 aromatic heterocycles. The Balaban J connectivity index is 1.46. The van der Waals surface area contributed by atoms with Gasteiger partial charge in [0.1, 0.15) is 17.4 Å². The molecule has 0 spiro atoms. The lowest BCUT2D eigenvalue weighted by Gasteiger charge is -2.31. The number of carbonyl (C=O) groups excluding carboxylic acids is 1. The predicted octanol–water partition coefficient (Wildman–Crippen LogP) is 2.95. The summed E-state index contributed by atoms with van der Waals surface area (Å²) in [4.78, 5) is 14.4. The molecular formula is C18H18FN5OS. The van der Waals surface area contributed by atoms with Gasteiger partial charge in [-0.15, -0.1) is 10.2 Å². The molecule has 1 atom stereocenters. The molecule has 0 radical (unpaired) electrons. The van der Waals surface area contributed by atoms with Crippen molar-refractivity contribution in [1.29, 1.82) is 0 Å². The number of piperidine rings is 1. The number of rotatable bonds is 4. The van der Waals surface area contributed by atoms with Crippen LogP contribution in [-0.2, 0) is 11.3 Å². The maximum absolute atomic E-state index is 14.0. The van der Waals surface area contributed by atoms with Gasteiger partial charge in [0.05, 0.1) is 0 Å². The Kier molecular flexibility index (Phi) is 4.75. The maximum Gasteiger partial charge on any atom is 0.244 e. The minimum absolute atomic E-state index is 0.0530. The van der Waals surface area contributed by atoms with E-state index in [2.05, 4.69) is 15.3 Å². The summed E-state index contributed by atoms with van der Waals surface area (Å²) < 4.78 is 15.6. The van der Waals surface area contributed by atoms with E-state index in [9.17, 15) is 9.18 Å². The van der Waals surface area contributed by atoms with Crippen molar-refractivity contribution in [3.05, 3.63) is 53.6 Å². The molecule has 0 aliphatic carbocycles. The highest BCUT2D eigenvalue weighted by molar-refractivity contribution is 7.14. The lowest BCUT2D eigenvalue weighted by molar-refractivity contribution is -0.133. The number of aromatic nitrogens is 4. The maximum atomic E-state index is 14.0. The van der Waals surface area contributed by atoms with Gasteiger partial charge in [0.2, 0.25) is 5.91 Å². The van der Waals surface area contributed by atoms with Crippen LogP contribution in [0.4, 0.5) is 4.39 Å². The molecule has 1 unspecified atom stereocenters. The summed E-state index contributed by atoms with van der Waals surface area (Å²) >= 11 is 1.41. The fraction of sp³-hybridized carbons (Fsp3) is 0.333. The molecule has 1 aliphatic rings. The summed E-state index contributed by atoms with van der Waals surface area (Å²) in [6, 6.07) is 8.38. The van der Waals surface area contributed by atoms with Crippen LogP contribution in [0.1, 0.15) is 23.8 Å². The number of benzene rings is 1. The number of nitrogens with zero attached hydrogens (tertiary/aromatic N) is 5. The first kappa shape index (κ1) is 16.8. The fourth-order valence-electron chi connectivity index (χ4n) is 3.18. The van der Waals surface area contributed by atoms with E-state index in [1.807, 2.05) is 4.90 Å². The normalized spacial score (nSPS) is 17.4. The molecule has 0 N–H and O–H groups in total. The van der Waals surface area contributed by atoms with E-state index in [1.165, 1.54) is 17.4 Å². The molecule has 0 bridgehead atoms. The largest absolute Gasteiger partial charge is 0.340 e. The van der Waals surface area contributed by atoms with Crippen molar-refractivity contribution in [1.82, 2.24) is 24.9 Å². The topological polar surface area (TPSA) is 63.9 Å². The molecule has 1 aliphatic heterocycles. The van der Waals surface area contributed by atoms with Gasteiger partial charge in [-0.3, -0.25) is 9.48 Å². The molecule has 6 nitrogen and oxygen atoms in total. The molecule has 1 amide bonds. The molecule has 0 saturated carbocycles. The zero-order chi connectivity index (χ0) is 17.9. The van der Waals surface area contributed by atoms with Gasteiger partial charge < -0.3 is 4.90 Å². The van der Waals surface area contributed by atoms with Gasteiger partial charge in [0, 0.05) is 37.0 Å². The molecule has 8 heteroatoms. The number of hydrogen-bond donors (Lipinski definition) is 0. The Morgan fingerprint density at radius 1 is 1.27 bits per heavy atom. The minimum atomic E-state index is -0.296. The Labute approximate surface area is 154 Å².